The molecule has 0 aliphatic carbocycles. The first-order chi connectivity index (χ1) is 16.1. The third kappa shape index (κ3) is 8.96. The number of halogens is 1. The highest BCUT2D eigenvalue weighted by molar-refractivity contribution is 7.80. The molecular weight excluding hydrogens is 468 g/mol. The zero-order chi connectivity index (χ0) is 25.1. The second-order valence-corrected chi connectivity index (χ2v) is 9.36. The zero-order valence-electron chi connectivity index (χ0n) is 19.5. The standard InChI is InChI=1S/C27H29ClN2O3S/c1-19(28)8-6-4-5-7-17-29-26(34)30-23-15-13-21(14-16-23)20-9-11-22(12-10-20)24(31)18-27(2,3)25(32)33/h4-5,7-17H,6,18H2,1-3H3,(H,32,33)(H2,29,30,34)/b5-4?,17-7+,19-8+. The fourth-order valence-electron chi connectivity index (χ4n) is 2.91. The molecule has 0 bridgehead atoms. The lowest BCUT2D eigenvalue weighted by Crippen LogP contribution is -2.26. The summed E-state index contributed by atoms with van der Waals surface area (Å²) in [7, 11) is 0. The Kier molecular flexibility index (Phi) is 10.2. The Morgan fingerprint density at radius 1 is 1.03 bits per heavy atom. The first-order valence-electron chi connectivity index (χ1n) is 10.8. The molecule has 0 atom stereocenters. The van der Waals surface area contributed by atoms with Crippen molar-refractivity contribution in [3.63, 3.8) is 0 Å². The molecule has 2 aromatic carbocycles. The molecule has 0 aromatic heterocycles. The largest absolute Gasteiger partial charge is 0.481 e. The average Bonchev–Trinajstić information content (AvgIpc) is 2.78. The van der Waals surface area contributed by atoms with Crippen LogP contribution < -0.4 is 10.6 Å². The molecule has 0 saturated heterocycles. The Balaban J connectivity index is 1.90. The number of carboxylic acids is 1. The minimum atomic E-state index is -1.10. The monoisotopic (exact) mass is 496 g/mol. The van der Waals surface area contributed by atoms with Gasteiger partial charge in [0.25, 0.3) is 0 Å². The Labute approximate surface area is 211 Å². The van der Waals surface area contributed by atoms with Gasteiger partial charge in [0.15, 0.2) is 10.9 Å². The summed E-state index contributed by atoms with van der Waals surface area (Å²) in [6, 6.07) is 14.9. The lowest BCUT2D eigenvalue weighted by molar-refractivity contribution is -0.146. The van der Waals surface area contributed by atoms with Crippen LogP contribution in [0.1, 0.15) is 44.0 Å². The van der Waals surface area contributed by atoms with Crippen LogP contribution in [0.3, 0.4) is 0 Å². The Bertz CT molecular complexity index is 1100. The van der Waals surface area contributed by atoms with Crippen molar-refractivity contribution in [3.05, 3.63) is 89.6 Å². The van der Waals surface area contributed by atoms with E-state index in [1.165, 1.54) is 0 Å². The van der Waals surface area contributed by atoms with Crippen molar-refractivity contribution in [1.82, 2.24) is 5.32 Å². The van der Waals surface area contributed by atoms with Crippen LogP contribution in [0, 0.1) is 5.41 Å². The number of anilines is 1. The van der Waals surface area contributed by atoms with E-state index in [-0.39, 0.29) is 12.2 Å². The van der Waals surface area contributed by atoms with Gasteiger partial charge in [-0.15, -0.1) is 0 Å². The molecule has 3 N–H and O–H groups in total. The molecule has 2 aromatic rings. The maximum atomic E-state index is 12.4. The SMILES string of the molecule is C/C(Cl)=C\CC=C/C=C/NC(=S)Nc1ccc(-c2ccc(C(=O)CC(C)(C)C(=O)O)cc2)cc1. The Morgan fingerprint density at radius 3 is 2.18 bits per heavy atom. The number of aliphatic carboxylic acids is 1. The topological polar surface area (TPSA) is 78.4 Å². The highest BCUT2D eigenvalue weighted by atomic mass is 35.5. The van der Waals surface area contributed by atoms with E-state index < -0.39 is 11.4 Å². The number of nitrogens with one attached hydrogen (secondary N) is 2. The summed E-state index contributed by atoms with van der Waals surface area (Å²) in [5.41, 5.74) is 2.19. The van der Waals surface area contributed by atoms with Crippen molar-refractivity contribution in [1.29, 1.82) is 0 Å². The average molecular weight is 497 g/mol. The van der Waals surface area contributed by atoms with Crippen LogP contribution in [0.25, 0.3) is 11.1 Å². The summed E-state index contributed by atoms with van der Waals surface area (Å²) >= 11 is 11.1. The number of carboxylic acid groups (broad SMARTS) is 1. The summed E-state index contributed by atoms with van der Waals surface area (Å²) in [6.45, 7) is 4.94. The molecule has 0 spiro atoms. The molecule has 0 fully saturated rings. The predicted molar refractivity (Wildman–Crippen MR) is 144 cm³/mol. The van der Waals surface area contributed by atoms with Gasteiger partial charge in [0.1, 0.15) is 0 Å². The van der Waals surface area contributed by atoms with Crippen LogP contribution in [0.4, 0.5) is 5.69 Å². The van der Waals surface area contributed by atoms with Crippen LogP contribution >= 0.6 is 23.8 Å². The minimum absolute atomic E-state index is 0.0491. The van der Waals surface area contributed by atoms with Crippen molar-refractivity contribution in [2.75, 3.05) is 5.32 Å². The lowest BCUT2D eigenvalue weighted by Gasteiger charge is -2.17. The number of benzene rings is 2. The van der Waals surface area contributed by atoms with E-state index in [1.807, 2.05) is 67.6 Å². The van der Waals surface area contributed by atoms with Crippen molar-refractivity contribution in [2.24, 2.45) is 5.41 Å². The van der Waals surface area contributed by atoms with E-state index >= 15 is 0 Å². The number of carbonyl (C=O) groups excluding carboxylic acids is 1. The Hall–Kier alpha value is -3.22. The van der Waals surface area contributed by atoms with Gasteiger partial charge in [-0.05, 0) is 68.7 Å². The molecule has 0 aliphatic rings. The predicted octanol–water partition coefficient (Wildman–Crippen LogP) is 6.93. The van der Waals surface area contributed by atoms with E-state index in [0.717, 1.165) is 28.3 Å². The molecule has 0 saturated carbocycles. The number of carbonyl (C=O) groups is 2. The van der Waals surface area contributed by atoms with E-state index in [0.29, 0.717) is 10.7 Å². The number of ketones is 1. The second-order valence-electron chi connectivity index (χ2n) is 8.36. The number of allylic oxidation sites excluding steroid dienone is 5. The highest BCUT2D eigenvalue weighted by Gasteiger charge is 2.30. The number of rotatable bonds is 10. The van der Waals surface area contributed by atoms with Gasteiger partial charge >= 0.3 is 5.97 Å². The molecule has 0 radical (unpaired) electrons. The molecule has 0 aliphatic heterocycles. The first kappa shape index (κ1) is 27.0. The lowest BCUT2D eigenvalue weighted by atomic mass is 9.85. The van der Waals surface area contributed by atoms with Crippen molar-refractivity contribution < 1.29 is 14.7 Å². The summed E-state index contributed by atoms with van der Waals surface area (Å²) in [6.07, 6.45) is 10.1. The number of hydrogen-bond acceptors (Lipinski definition) is 3. The second kappa shape index (κ2) is 12.9. The van der Waals surface area contributed by atoms with Gasteiger partial charge in [-0.25, -0.2) is 0 Å². The van der Waals surface area contributed by atoms with Gasteiger partial charge in [-0.2, -0.15) is 0 Å². The molecule has 7 heteroatoms. The van der Waals surface area contributed by atoms with Crippen molar-refractivity contribution >= 4 is 46.4 Å². The van der Waals surface area contributed by atoms with E-state index in [4.69, 9.17) is 23.8 Å². The molecular formula is C27H29ClN2O3S. The normalized spacial score (nSPS) is 12.2. The summed E-state index contributed by atoms with van der Waals surface area (Å²) in [4.78, 5) is 23.7. The smallest absolute Gasteiger partial charge is 0.309 e. The molecule has 0 unspecified atom stereocenters. The van der Waals surface area contributed by atoms with E-state index in [9.17, 15) is 14.7 Å². The highest BCUT2D eigenvalue weighted by Crippen LogP contribution is 2.25. The molecule has 0 heterocycles. The van der Waals surface area contributed by atoms with Gasteiger partial charge in [0, 0.05) is 28.9 Å². The minimum Gasteiger partial charge on any atom is -0.481 e. The van der Waals surface area contributed by atoms with Crippen LogP contribution in [0.2, 0.25) is 0 Å². The molecule has 5 nitrogen and oxygen atoms in total. The number of hydrogen-bond donors (Lipinski definition) is 3. The van der Waals surface area contributed by atoms with Gasteiger partial charge in [-0.3, -0.25) is 9.59 Å². The molecule has 2 rings (SSSR count). The van der Waals surface area contributed by atoms with Gasteiger partial charge in [-0.1, -0.05) is 66.2 Å². The fraction of sp³-hybridized carbons (Fsp3) is 0.222. The summed E-state index contributed by atoms with van der Waals surface area (Å²) < 4.78 is 0. The molecule has 178 valence electrons. The van der Waals surface area contributed by atoms with Crippen LogP contribution in [-0.2, 0) is 4.79 Å². The third-order valence-electron chi connectivity index (χ3n) is 4.96. The Morgan fingerprint density at radius 2 is 1.62 bits per heavy atom. The number of thiocarbonyl (C=S) groups is 1. The van der Waals surface area contributed by atoms with Crippen LogP contribution in [-0.4, -0.2) is 22.0 Å². The first-order valence-corrected chi connectivity index (χ1v) is 11.6. The van der Waals surface area contributed by atoms with Crippen molar-refractivity contribution in [3.8, 4) is 11.1 Å². The van der Waals surface area contributed by atoms with Crippen LogP contribution in [0.5, 0.6) is 0 Å². The van der Waals surface area contributed by atoms with Crippen molar-refractivity contribution in [2.45, 2.75) is 33.6 Å². The molecule has 34 heavy (non-hydrogen) atoms. The maximum Gasteiger partial charge on any atom is 0.309 e. The van der Waals surface area contributed by atoms with Gasteiger partial charge < -0.3 is 15.7 Å². The maximum absolute atomic E-state index is 12.4. The van der Waals surface area contributed by atoms with Gasteiger partial charge in [0.05, 0.1) is 5.41 Å². The van der Waals surface area contributed by atoms with E-state index in [1.54, 1.807) is 32.2 Å². The summed E-state index contributed by atoms with van der Waals surface area (Å²) in [5, 5.41) is 16.6. The summed E-state index contributed by atoms with van der Waals surface area (Å²) in [5.74, 6) is -1.18. The quantitative estimate of drug-likeness (QED) is 0.188. The van der Waals surface area contributed by atoms with E-state index in [2.05, 4.69) is 10.6 Å². The third-order valence-corrected chi connectivity index (χ3v) is 5.33. The van der Waals surface area contributed by atoms with Gasteiger partial charge in [0.2, 0.25) is 0 Å². The number of Topliss-reactive ketones (excluding diaryl/α,β-unsaturated/α-hetero) is 1. The zero-order valence-corrected chi connectivity index (χ0v) is 21.0. The fourth-order valence-corrected chi connectivity index (χ4v) is 3.18. The molecule has 0 amide bonds. The van der Waals surface area contributed by atoms with Crippen LogP contribution in [0.15, 0.2) is 84.1 Å².